The Morgan fingerprint density at radius 3 is 2.55 bits per heavy atom. The molecule has 0 spiro atoms. The van der Waals surface area contributed by atoms with Crippen LogP contribution in [0.25, 0.3) is 0 Å². The normalized spacial score (nSPS) is 10.8. The van der Waals surface area contributed by atoms with E-state index in [1.54, 1.807) is 26.8 Å². The summed E-state index contributed by atoms with van der Waals surface area (Å²) in [5.74, 6) is -0.950. The van der Waals surface area contributed by atoms with Crippen molar-refractivity contribution in [3.63, 3.8) is 0 Å². The van der Waals surface area contributed by atoms with Crippen LogP contribution in [0.15, 0.2) is 18.2 Å². The lowest BCUT2D eigenvalue weighted by atomic mass is 10.2. The summed E-state index contributed by atoms with van der Waals surface area (Å²) in [7, 11) is 0. The highest BCUT2D eigenvalue weighted by Crippen LogP contribution is 2.28. The molecular formula is C13H16ClNO5. The molecular weight excluding hydrogens is 286 g/mol. The van der Waals surface area contributed by atoms with E-state index in [4.69, 9.17) is 26.2 Å². The van der Waals surface area contributed by atoms with Gasteiger partial charge in [-0.2, -0.15) is 0 Å². The number of hydrogen-bond acceptors (Lipinski definition) is 4. The molecule has 0 aliphatic heterocycles. The van der Waals surface area contributed by atoms with E-state index in [0.29, 0.717) is 5.69 Å². The molecule has 0 atom stereocenters. The van der Waals surface area contributed by atoms with Crippen molar-refractivity contribution in [2.75, 3.05) is 11.9 Å². The van der Waals surface area contributed by atoms with Crippen molar-refractivity contribution < 1.29 is 24.2 Å². The van der Waals surface area contributed by atoms with Gasteiger partial charge in [-0.3, -0.25) is 5.32 Å². The van der Waals surface area contributed by atoms with E-state index < -0.39 is 24.3 Å². The molecule has 0 radical (unpaired) electrons. The predicted octanol–water partition coefficient (Wildman–Crippen LogP) is 3.15. The highest BCUT2D eigenvalue weighted by Gasteiger charge is 2.16. The first kappa shape index (κ1) is 16.1. The number of carbonyl (C=O) groups is 2. The second-order valence-electron chi connectivity index (χ2n) is 4.95. The average molecular weight is 302 g/mol. The summed E-state index contributed by atoms with van der Waals surface area (Å²) in [6.45, 7) is 4.72. The smallest absolute Gasteiger partial charge is 0.412 e. The van der Waals surface area contributed by atoms with Crippen molar-refractivity contribution in [1.82, 2.24) is 0 Å². The third kappa shape index (κ3) is 5.79. The van der Waals surface area contributed by atoms with Crippen LogP contribution in [0.5, 0.6) is 5.75 Å². The molecule has 6 nitrogen and oxygen atoms in total. The fourth-order valence-electron chi connectivity index (χ4n) is 1.25. The molecule has 2 N–H and O–H groups in total. The van der Waals surface area contributed by atoms with Crippen LogP contribution in [0.1, 0.15) is 20.8 Å². The van der Waals surface area contributed by atoms with Crippen LogP contribution in [0.3, 0.4) is 0 Å². The Bertz CT molecular complexity index is 510. The molecule has 0 bridgehead atoms. The van der Waals surface area contributed by atoms with Crippen LogP contribution >= 0.6 is 11.6 Å². The minimum atomic E-state index is -1.12. The zero-order valence-electron chi connectivity index (χ0n) is 11.4. The number of amides is 1. The molecule has 0 aliphatic rings. The minimum absolute atomic E-state index is 0.169. The van der Waals surface area contributed by atoms with Gasteiger partial charge in [0.05, 0.1) is 5.02 Å². The SMILES string of the molecule is CC(C)(C)OC(=O)Nc1ccc(Cl)c(OCC(=O)O)c1. The molecule has 0 heterocycles. The molecule has 0 aliphatic carbocycles. The van der Waals surface area contributed by atoms with E-state index >= 15 is 0 Å². The molecule has 1 aromatic rings. The highest BCUT2D eigenvalue weighted by molar-refractivity contribution is 6.32. The first-order valence-electron chi connectivity index (χ1n) is 5.81. The van der Waals surface area contributed by atoms with E-state index in [1.165, 1.54) is 12.1 Å². The number of benzene rings is 1. The molecule has 1 amide bonds. The van der Waals surface area contributed by atoms with Gasteiger partial charge in [0.15, 0.2) is 6.61 Å². The number of carbonyl (C=O) groups excluding carboxylic acids is 1. The summed E-state index contributed by atoms with van der Waals surface area (Å²) in [4.78, 5) is 22.0. The summed E-state index contributed by atoms with van der Waals surface area (Å²) in [6, 6.07) is 4.47. The Labute approximate surface area is 121 Å². The molecule has 1 rings (SSSR count). The average Bonchev–Trinajstić information content (AvgIpc) is 2.27. The zero-order valence-corrected chi connectivity index (χ0v) is 12.2. The van der Waals surface area contributed by atoms with Gasteiger partial charge in [0.2, 0.25) is 0 Å². The van der Waals surface area contributed by atoms with Gasteiger partial charge in [-0.05, 0) is 32.9 Å². The van der Waals surface area contributed by atoms with Gasteiger partial charge in [0, 0.05) is 11.8 Å². The Morgan fingerprint density at radius 1 is 1.35 bits per heavy atom. The number of nitrogens with one attached hydrogen (secondary N) is 1. The summed E-state index contributed by atoms with van der Waals surface area (Å²) in [5, 5.41) is 11.3. The second kappa shape index (κ2) is 6.47. The maximum atomic E-state index is 11.6. The van der Waals surface area contributed by atoms with E-state index in [9.17, 15) is 9.59 Å². The number of rotatable bonds is 4. The van der Waals surface area contributed by atoms with Crippen molar-refractivity contribution in [2.45, 2.75) is 26.4 Å². The fraction of sp³-hybridized carbons (Fsp3) is 0.385. The number of ether oxygens (including phenoxy) is 2. The molecule has 7 heteroatoms. The van der Waals surface area contributed by atoms with Crippen molar-refractivity contribution in [3.8, 4) is 5.75 Å². The van der Waals surface area contributed by atoms with Crippen LogP contribution in [0.2, 0.25) is 5.02 Å². The lowest BCUT2D eigenvalue weighted by molar-refractivity contribution is -0.139. The monoisotopic (exact) mass is 301 g/mol. The second-order valence-corrected chi connectivity index (χ2v) is 5.36. The Hall–Kier alpha value is -1.95. The van der Waals surface area contributed by atoms with Gasteiger partial charge in [0.1, 0.15) is 11.4 Å². The van der Waals surface area contributed by atoms with Crippen molar-refractivity contribution in [2.24, 2.45) is 0 Å². The zero-order chi connectivity index (χ0) is 15.3. The third-order valence-corrected chi connectivity index (χ3v) is 2.24. The van der Waals surface area contributed by atoms with Crippen molar-refractivity contribution in [3.05, 3.63) is 23.2 Å². The van der Waals surface area contributed by atoms with E-state index in [1.807, 2.05) is 0 Å². The highest BCUT2D eigenvalue weighted by atomic mass is 35.5. The number of anilines is 1. The van der Waals surface area contributed by atoms with Crippen molar-refractivity contribution >= 4 is 29.4 Å². The number of hydrogen-bond donors (Lipinski definition) is 2. The molecule has 0 aromatic heterocycles. The van der Waals surface area contributed by atoms with Crippen LogP contribution in [0.4, 0.5) is 10.5 Å². The van der Waals surface area contributed by atoms with Crippen LogP contribution < -0.4 is 10.1 Å². The Morgan fingerprint density at radius 2 is 2.00 bits per heavy atom. The Balaban J connectivity index is 2.74. The summed E-state index contributed by atoms with van der Waals surface area (Å²) < 4.78 is 10.1. The first-order chi connectivity index (χ1) is 9.17. The van der Waals surface area contributed by atoms with Crippen LogP contribution in [0, 0.1) is 0 Å². The largest absolute Gasteiger partial charge is 0.480 e. The number of carboxylic acid groups (broad SMARTS) is 1. The standard InChI is InChI=1S/C13H16ClNO5/c1-13(2,3)20-12(18)15-8-4-5-9(14)10(6-8)19-7-11(16)17/h4-6H,7H2,1-3H3,(H,15,18)(H,16,17). The van der Waals surface area contributed by atoms with E-state index in [2.05, 4.69) is 5.32 Å². The topological polar surface area (TPSA) is 84.9 Å². The van der Waals surface area contributed by atoms with Crippen LogP contribution in [-0.4, -0.2) is 29.4 Å². The summed E-state index contributed by atoms with van der Waals surface area (Å²) in [6.07, 6.45) is -0.621. The van der Waals surface area contributed by atoms with Gasteiger partial charge >= 0.3 is 12.1 Å². The molecule has 0 saturated heterocycles. The molecule has 0 unspecified atom stereocenters. The minimum Gasteiger partial charge on any atom is -0.480 e. The van der Waals surface area contributed by atoms with Gasteiger partial charge in [-0.1, -0.05) is 11.6 Å². The Kier molecular flexibility index (Phi) is 5.21. The number of halogens is 1. The van der Waals surface area contributed by atoms with Gasteiger partial charge in [0.25, 0.3) is 0 Å². The van der Waals surface area contributed by atoms with E-state index in [0.717, 1.165) is 0 Å². The summed E-state index contributed by atoms with van der Waals surface area (Å²) in [5.41, 5.74) is -0.219. The quantitative estimate of drug-likeness (QED) is 0.892. The number of aliphatic carboxylic acids is 1. The third-order valence-electron chi connectivity index (χ3n) is 1.93. The molecule has 0 fully saturated rings. The van der Waals surface area contributed by atoms with Gasteiger partial charge in [-0.25, -0.2) is 9.59 Å². The summed E-state index contributed by atoms with van der Waals surface area (Å²) >= 11 is 5.86. The lowest BCUT2D eigenvalue weighted by Gasteiger charge is -2.19. The first-order valence-corrected chi connectivity index (χ1v) is 6.19. The molecule has 110 valence electrons. The van der Waals surface area contributed by atoms with Gasteiger partial charge in [-0.15, -0.1) is 0 Å². The molecule has 0 saturated carbocycles. The molecule has 1 aromatic carbocycles. The fourth-order valence-corrected chi connectivity index (χ4v) is 1.42. The lowest BCUT2D eigenvalue weighted by Crippen LogP contribution is -2.27. The maximum Gasteiger partial charge on any atom is 0.412 e. The van der Waals surface area contributed by atoms with Crippen molar-refractivity contribution in [1.29, 1.82) is 0 Å². The van der Waals surface area contributed by atoms with E-state index in [-0.39, 0.29) is 10.8 Å². The predicted molar refractivity (Wildman–Crippen MR) is 74.4 cm³/mol. The van der Waals surface area contributed by atoms with Gasteiger partial charge < -0.3 is 14.6 Å². The number of carboxylic acids is 1. The maximum absolute atomic E-state index is 11.6. The molecule has 20 heavy (non-hydrogen) atoms. The van der Waals surface area contributed by atoms with Crippen LogP contribution in [-0.2, 0) is 9.53 Å².